The summed E-state index contributed by atoms with van der Waals surface area (Å²) in [6, 6.07) is 8.44. The smallest absolute Gasteiger partial charge is 0.109 e. The average molecular weight is 300 g/mol. The normalized spacial score (nSPS) is 27.6. The van der Waals surface area contributed by atoms with E-state index >= 15 is 0 Å². The van der Waals surface area contributed by atoms with Crippen molar-refractivity contribution in [2.75, 3.05) is 0 Å². The van der Waals surface area contributed by atoms with Crippen LogP contribution in [0.25, 0.3) is 5.57 Å². The third-order valence-electron chi connectivity index (χ3n) is 4.35. The highest BCUT2D eigenvalue weighted by molar-refractivity contribution is 6.81. The van der Waals surface area contributed by atoms with Gasteiger partial charge in [0.1, 0.15) is 12.2 Å². The van der Waals surface area contributed by atoms with E-state index in [1.807, 2.05) is 0 Å². The number of fused-ring (bicyclic) bond motifs is 2. The summed E-state index contributed by atoms with van der Waals surface area (Å²) in [6.07, 6.45) is 1.48. The molecule has 0 spiro atoms. The molecule has 1 aromatic rings. The number of aliphatic hydroxyl groups is 2. The second kappa shape index (κ2) is 5.23. The minimum Gasteiger partial charge on any atom is -0.386 e. The maximum atomic E-state index is 10.5. The van der Waals surface area contributed by atoms with Crippen molar-refractivity contribution in [3.05, 3.63) is 52.2 Å². The Kier molecular flexibility index (Phi) is 3.68. The van der Waals surface area contributed by atoms with Crippen LogP contribution in [-0.4, -0.2) is 30.5 Å². The second-order valence-electron chi connectivity index (χ2n) is 7.27. The summed E-state index contributed by atoms with van der Waals surface area (Å²) in [5, 5.41) is 21.0. The van der Waals surface area contributed by atoms with Gasteiger partial charge in [-0.15, -0.1) is 0 Å². The average Bonchev–Trinajstić information content (AvgIpc) is 2.59. The molecule has 2 nitrogen and oxygen atoms in total. The van der Waals surface area contributed by atoms with Crippen LogP contribution in [0.5, 0.6) is 0 Å². The zero-order valence-corrected chi connectivity index (χ0v) is 14.1. The Bertz CT molecular complexity index is 622. The molecule has 0 aliphatic heterocycles. The molecule has 3 heteroatoms. The van der Waals surface area contributed by atoms with Crippen molar-refractivity contribution in [3.63, 3.8) is 0 Å². The van der Waals surface area contributed by atoms with E-state index in [0.717, 1.165) is 36.0 Å². The van der Waals surface area contributed by atoms with Crippen LogP contribution in [0.2, 0.25) is 19.6 Å². The first-order valence-corrected chi connectivity index (χ1v) is 11.4. The van der Waals surface area contributed by atoms with E-state index in [1.165, 1.54) is 11.1 Å². The lowest BCUT2D eigenvalue weighted by atomic mass is 9.95. The Morgan fingerprint density at radius 2 is 1.76 bits per heavy atom. The van der Waals surface area contributed by atoms with Crippen LogP contribution in [0.1, 0.15) is 24.0 Å². The van der Waals surface area contributed by atoms with Gasteiger partial charge in [0.25, 0.3) is 0 Å². The van der Waals surface area contributed by atoms with Crippen LogP contribution < -0.4 is 0 Å². The molecule has 2 N–H and O–H groups in total. The van der Waals surface area contributed by atoms with Gasteiger partial charge in [0.05, 0.1) is 8.07 Å². The predicted molar refractivity (Wildman–Crippen MR) is 89.7 cm³/mol. The molecule has 2 aliphatic rings. The largest absolute Gasteiger partial charge is 0.386 e. The monoisotopic (exact) mass is 300 g/mol. The summed E-state index contributed by atoms with van der Waals surface area (Å²) in [6.45, 7) is 6.79. The second-order valence-corrected chi connectivity index (χ2v) is 12.3. The third kappa shape index (κ3) is 2.66. The lowest BCUT2D eigenvalue weighted by Crippen LogP contribution is -2.26. The molecule has 0 fully saturated rings. The van der Waals surface area contributed by atoms with E-state index < -0.39 is 20.3 Å². The molecular formula is C18H24O2Si. The van der Waals surface area contributed by atoms with E-state index in [9.17, 15) is 10.2 Å². The van der Waals surface area contributed by atoms with Gasteiger partial charge in [-0.1, -0.05) is 49.6 Å². The van der Waals surface area contributed by atoms with Crippen molar-refractivity contribution < 1.29 is 10.2 Å². The van der Waals surface area contributed by atoms with Gasteiger partial charge in [0, 0.05) is 0 Å². The zero-order valence-electron chi connectivity index (χ0n) is 13.1. The fourth-order valence-electron chi connectivity index (χ4n) is 3.52. The van der Waals surface area contributed by atoms with Crippen LogP contribution in [0.15, 0.2) is 41.1 Å². The Hall–Kier alpha value is -1.16. The minimum atomic E-state index is -1.47. The molecule has 0 saturated carbocycles. The summed E-state index contributed by atoms with van der Waals surface area (Å²) in [5.74, 6) is 0. The maximum absolute atomic E-state index is 10.5. The Labute approximate surface area is 127 Å². The maximum Gasteiger partial charge on any atom is 0.109 e. The van der Waals surface area contributed by atoms with Crippen molar-refractivity contribution in [1.29, 1.82) is 0 Å². The topological polar surface area (TPSA) is 40.5 Å². The fraction of sp³-hybridized carbons (Fsp3) is 0.444. The quantitative estimate of drug-likeness (QED) is 0.781. The van der Waals surface area contributed by atoms with E-state index in [0.29, 0.717) is 0 Å². The van der Waals surface area contributed by atoms with E-state index in [4.69, 9.17) is 0 Å². The Morgan fingerprint density at radius 3 is 2.48 bits per heavy atom. The van der Waals surface area contributed by atoms with Gasteiger partial charge >= 0.3 is 0 Å². The summed E-state index contributed by atoms with van der Waals surface area (Å²) < 4.78 is 0. The van der Waals surface area contributed by atoms with Gasteiger partial charge < -0.3 is 10.2 Å². The number of hydrogen-bond donors (Lipinski definition) is 2. The highest BCUT2D eigenvalue weighted by Gasteiger charge is 2.38. The number of hydrogen-bond acceptors (Lipinski definition) is 2. The van der Waals surface area contributed by atoms with Gasteiger partial charge in [0.15, 0.2) is 0 Å². The van der Waals surface area contributed by atoms with E-state index in [2.05, 4.69) is 49.6 Å². The molecule has 21 heavy (non-hydrogen) atoms. The summed E-state index contributed by atoms with van der Waals surface area (Å²) in [4.78, 5) is 0. The minimum absolute atomic E-state index is 0.728. The van der Waals surface area contributed by atoms with Crippen LogP contribution in [0.3, 0.4) is 0 Å². The molecule has 0 saturated heterocycles. The molecule has 0 heterocycles. The van der Waals surface area contributed by atoms with Crippen molar-refractivity contribution >= 4 is 13.6 Å². The first kappa shape index (κ1) is 14.8. The van der Waals surface area contributed by atoms with Crippen molar-refractivity contribution in [2.45, 2.75) is 51.1 Å². The van der Waals surface area contributed by atoms with Gasteiger partial charge in [-0.3, -0.25) is 0 Å². The van der Waals surface area contributed by atoms with Crippen molar-refractivity contribution in [2.24, 2.45) is 0 Å². The molecule has 0 radical (unpaired) electrons. The molecule has 112 valence electrons. The first-order chi connectivity index (χ1) is 9.88. The van der Waals surface area contributed by atoms with Gasteiger partial charge in [0.2, 0.25) is 0 Å². The standard InChI is InChI=1S/C18H24O2Si/c1-21(2,3)11-15-16-13-9-5-4-7-12(13)8-6-10-14(16)17(19)18(15)20/h4-5,7,9,11,17-20H,6,8,10H2,1-3H3. The highest BCUT2D eigenvalue weighted by Crippen LogP contribution is 2.44. The number of rotatable bonds is 1. The number of benzene rings is 1. The van der Waals surface area contributed by atoms with Crippen LogP contribution in [0.4, 0.5) is 0 Å². The van der Waals surface area contributed by atoms with Crippen molar-refractivity contribution in [3.8, 4) is 0 Å². The van der Waals surface area contributed by atoms with Crippen molar-refractivity contribution in [1.82, 2.24) is 0 Å². The highest BCUT2D eigenvalue weighted by atomic mass is 28.3. The van der Waals surface area contributed by atoms with Gasteiger partial charge in [-0.2, -0.15) is 0 Å². The Morgan fingerprint density at radius 1 is 1.05 bits per heavy atom. The third-order valence-corrected chi connectivity index (χ3v) is 5.53. The van der Waals surface area contributed by atoms with Crippen LogP contribution in [0, 0.1) is 0 Å². The summed E-state index contributed by atoms with van der Waals surface area (Å²) >= 11 is 0. The lowest BCUT2D eigenvalue weighted by Gasteiger charge is -2.19. The molecule has 0 aromatic heterocycles. The van der Waals surface area contributed by atoms with Gasteiger partial charge in [-0.05, 0) is 47.1 Å². The summed E-state index contributed by atoms with van der Waals surface area (Å²) in [5.41, 5.74) is 7.94. The number of aliphatic hydroxyl groups excluding tert-OH is 2. The molecule has 3 rings (SSSR count). The number of aryl methyl sites for hydroxylation is 1. The van der Waals surface area contributed by atoms with E-state index in [-0.39, 0.29) is 0 Å². The van der Waals surface area contributed by atoms with Crippen LogP contribution >= 0.6 is 0 Å². The SMILES string of the molecule is C[Si](C)(C)C=C1C2=C(CCCc3ccccc32)C(O)C1O. The summed E-state index contributed by atoms with van der Waals surface area (Å²) in [7, 11) is -1.47. The molecule has 2 aliphatic carbocycles. The van der Waals surface area contributed by atoms with Gasteiger partial charge in [-0.25, -0.2) is 0 Å². The first-order valence-electron chi connectivity index (χ1n) is 7.79. The zero-order chi connectivity index (χ0) is 15.2. The molecule has 2 atom stereocenters. The molecule has 0 amide bonds. The Balaban J connectivity index is 2.22. The molecule has 2 unspecified atom stereocenters. The fourth-order valence-corrected chi connectivity index (χ4v) is 4.77. The predicted octanol–water partition coefficient (Wildman–Crippen LogP) is 3.32. The van der Waals surface area contributed by atoms with E-state index in [1.54, 1.807) is 0 Å². The lowest BCUT2D eigenvalue weighted by molar-refractivity contribution is 0.0741. The molecule has 0 bridgehead atoms. The van der Waals surface area contributed by atoms with Crippen LogP contribution in [-0.2, 0) is 6.42 Å². The molecular weight excluding hydrogens is 276 g/mol. The molecule has 1 aromatic carbocycles.